The highest BCUT2D eigenvalue weighted by atomic mass is 35.5. The molecular weight excluding hydrogens is 445 g/mol. The predicted octanol–water partition coefficient (Wildman–Crippen LogP) is -2.53. The van der Waals surface area contributed by atoms with Crippen molar-refractivity contribution in [2.75, 3.05) is 47.8 Å². The lowest BCUT2D eigenvalue weighted by atomic mass is 10.1. The van der Waals surface area contributed by atoms with E-state index in [-0.39, 0.29) is 36.5 Å². The number of amides is 1. The Morgan fingerprint density at radius 2 is 1.28 bits per heavy atom. The molecule has 5 nitrogen and oxygen atoms in total. The van der Waals surface area contributed by atoms with Crippen molar-refractivity contribution in [1.29, 1.82) is 0 Å². The minimum absolute atomic E-state index is 0. The number of carbonyl (C=O) groups excluding carboxylic acids is 2. The Hall–Kier alpha value is -1.66. The number of rotatable bonds is 15. The third-order valence-corrected chi connectivity index (χ3v) is 5.33. The summed E-state index contributed by atoms with van der Waals surface area (Å²) in [6.07, 6.45) is 6.24. The van der Waals surface area contributed by atoms with Crippen LogP contribution in [0.25, 0.3) is 0 Å². The van der Waals surface area contributed by atoms with Crippen LogP contribution >= 0.6 is 0 Å². The smallest absolute Gasteiger partial charge is 0.243 e. The van der Waals surface area contributed by atoms with Crippen molar-refractivity contribution in [3.8, 4) is 0 Å². The van der Waals surface area contributed by atoms with Crippen molar-refractivity contribution in [1.82, 2.24) is 5.32 Å². The average molecular weight is 487 g/mol. The summed E-state index contributed by atoms with van der Waals surface area (Å²) < 4.78 is 1.80. The Bertz CT molecular complexity index is 655. The van der Waals surface area contributed by atoms with Crippen LogP contribution < -0.4 is 30.1 Å². The molecule has 32 heavy (non-hydrogen) atoms. The second-order valence-electron chi connectivity index (χ2n) is 9.43. The maximum absolute atomic E-state index is 11.3. The van der Waals surface area contributed by atoms with Crippen molar-refractivity contribution < 1.29 is 43.4 Å². The number of ketones is 1. The SMILES string of the molecule is C=CC(=O)CCCC[N+](C)(C)Cc1ccc(C[N+](C)(C)CCCNC(=O)C=C)cc1.[Cl-].[Cl-]. The molecule has 0 saturated carbocycles. The first-order valence-corrected chi connectivity index (χ1v) is 10.8. The topological polar surface area (TPSA) is 46.2 Å². The first-order valence-electron chi connectivity index (χ1n) is 10.8. The number of hydrogen-bond acceptors (Lipinski definition) is 2. The fourth-order valence-corrected chi connectivity index (χ4v) is 3.63. The van der Waals surface area contributed by atoms with Gasteiger partial charge < -0.3 is 39.1 Å². The molecule has 0 aliphatic carbocycles. The molecule has 1 aromatic rings. The van der Waals surface area contributed by atoms with Crippen molar-refractivity contribution in [3.05, 3.63) is 60.7 Å². The van der Waals surface area contributed by atoms with Gasteiger partial charge in [-0.3, -0.25) is 9.59 Å². The van der Waals surface area contributed by atoms with Crippen molar-refractivity contribution in [2.45, 2.75) is 38.8 Å². The quantitative estimate of drug-likeness (QED) is 0.169. The molecule has 0 saturated heterocycles. The molecule has 1 aromatic carbocycles. The molecule has 7 heteroatoms. The van der Waals surface area contributed by atoms with Crippen LogP contribution in [0, 0.1) is 0 Å². The van der Waals surface area contributed by atoms with Crippen LogP contribution in [0.2, 0.25) is 0 Å². The number of allylic oxidation sites excluding steroid dienone is 1. The summed E-state index contributed by atoms with van der Waals surface area (Å²) >= 11 is 0. The summed E-state index contributed by atoms with van der Waals surface area (Å²) in [6.45, 7) is 11.7. The molecule has 0 fully saturated rings. The number of nitrogens with one attached hydrogen (secondary N) is 1. The maximum Gasteiger partial charge on any atom is 0.243 e. The van der Waals surface area contributed by atoms with Crippen molar-refractivity contribution in [2.24, 2.45) is 0 Å². The van der Waals surface area contributed by atoms with Crippen LogP contribution in [0.15, 0.2) is 49.6 Å². The molecule has 0 unspecified atom stereocenters. The molecule has 1 N–H and O–H groups in total. The highest BCUT2D eigenvalue weighted by Crippen LogP contribution is 2.15. The molecule has 0 atom stereocenters. The summed E-state index contributed by atoms with van der Waals surface area (Å²) in [7, 11) is 8.93. The Morgan fingerprint density at radius 1 is 0.812 bits per heavy atom. The van der Waals surface area contributed by atoms with Crippen LogP contribution in [-0.4, -0.2) is 68.5 Å². The second kappa shape index (κ2) is 16.0. The van der Waals surface area contributed by atoms with E-state index in [1.54, 1.807) is 0 Å². The van der Waals surface area contributed by atoms with Gasteiger partial charge in [0.05, 0.1) is 41.3 Å². The van der Waals surface area contributed by atoms with Crippen LogP contribution in [0.3, 0.4) is 0 Å². The zero-order chi connectivity index (χ0) is 22.6. The van der Waals surface area contributed by atoms with Gasteiger partial charge in [-0.15, -0.1) is 0 Å². The van der Waals surface area contributed by atoms with Crippen LogP contribution in [0.4, 0.5) is 0 Å². The van der Waals surface area contributed by atoms with Gasteiger partial charge in [-0.05, 0) is 25.0 Å². The first kappa shape index (κ1) is 32.5. The van der Waals surface area contributed by atoms with Gasteiger partial charge in [0.1, 0.15) is 13.1 Å². The third-order valence-electron chi connectivity index (χ3n) is 5.33. The van der Waals surface area contributed by atoms with Gasteiger partial charge in [0.15, 0.2) is 5.78 Å². The van der Waals surface area contributed by atoms with Gasteiger partial charge in [0.2, 0.25) is 5.91 Å². The van der Waals surface area contributed by atoms with Gasteiger partial charge in [0.25, 0.3) is 0 Å². The lowest BCUT2D eigenvalue weighted by Gasteiger charge is -2.31. The number of halogens is 2. The molecule has 182 valence electrons. The predicted molar refractivity (Wildman–Crippen MR) is 125 cm³/mol. The van der Waals surface area contributed by atoms with E-state index in [1.807, 2.05) is 0 Å². The van der Waals surface area contributed by atoms with Crippen molar-refractivity contribution >= 4 is 11.7 Å². The first-order chi connectivity index (χ1) is 14.1. The molecule has 0 bridgehead atoms. The minimum atomic E-state index is -0.109. The van der Waals surface area contributed by atoms with Gasteiger partial charge in [-0.2, -0.15) is 0 Å². The summed E-state index contributed by atoms with van der Waals surface area (Å²) in [4.78, 5) is 22.5. The number of benzene rings is 1. The standard InChI is InChI=1S/C25H40N3O2.2ClH/c1-7-24(29)12-9-10-18-27(3,4)20-22-13-15-23(16-14-22)21-28(5,6)19-11-17-26-25(30)8-2;;/h7-8,13-16H,1-2,9-12,17-21H2,3-6H3;2*1H/q+1;;/p-1. The highest BCUT2D eigenvalue weighted by Gasteiger charge is 2.18. The molecule has 0 heterocycles. The fourth-order valence-electron chi connectivity index (χ4n) is 3.63. The van der Waals surface area contributed by atoms with Gasteiger partial charge in [-0.25, -0.2) is 0 Å². The van der Waals surface area contributed by atoms with Gasteiger partial charge in [0, 0.05) is 30.5 Å². The Kier molecular flexibility index (Phi) is 16.3. The molecule has 1 amide bonds. The van der Waals surface area contributed by atoms with Crippen LogP contribution in [0.1, 0.15) is 36.8 Å². The van der Waals surface area contributed by atoms with Crippen LogP contribution in [0.5, 0.6) is 0 Å². The van der Waals surface area contributed by atoms with Crippen molar-refractivity contribution in [3.63, 3.8) is 0 Å². The lowest BCUT2D eigenvalue weighted by Crippen LogP contribution is -3.00. The van der Waals surface area contributed by atoms with E-state index in [1.165, 1.54) is 23.3 Å². The van der Waals surface area contributed by atoms with E-state index >= 15 is 0 Å². The number of carbonyl (C=O) groups is 2. The Balaban J connectivity index is 0. The van der Waals surface area contributed by atoms with E-state index in [0.29, 0.717) is 13.0 Å². The number of nitrogens with zero attached hydrogens (tertiary/aromatic N) is 2. The number of quaternary nitrogens is 2. The number of hydrogen-bond donors (Lipinski definition) is 1. The lowest BCUT2D eigenvalue weighted by molar-refractivity contribution is -0.904. The van der Waals surface area contributed by atoms with E-state index < -0.39 is 0 Å². The molecule has 1 rings (SSSR count). The second-order valence-corrected chi connectivity index (χ2v) is 9.43. The van der Waals surface area contributed by atoms with Gasteiger partial charge in [-0.1, -0.05) is 37.4 Å². The van der Waals surface area contributed by atoms with Gasteiger partial charge >= 0.3 is 0 Å². The fraction of sp³-hybridized carbons (Fsp3) is 0.520. The third kappa shape index (κ3) is 14.4. The summed E-state index contributed by atoms with van der Waals surface area (Å²) in [5.74, 6) is 0.0289. The number of unbranched alkanes of at least 4 members (excludes halogenated alkanes) is 1. The summed E-state index contributed by atoms with van der Waals surface area (Å²) in [5.41, 5.74) is 2.66. The molecular formula is C25H41Cl2N3O2. The highest BCUT2D eigenvalue weighted by molar-refractivity contribution is 5.88. The average Bonchev–Trinajstić information content (AvgIpc) is 2.69. The summed E-state index contributed by atoms with van der Waals surface area (Å²) in [6, 6.07) is 8.94. The monoisotopic (exact) mass is 485 g/mol. The van der Waals surface area contributed by atoms with E-state index in [2.05, 4.69) is 70.9 Å². The summed E-state index contributed by atoms with van der Waals surface area (Å²) in [5, 5.41) is 2.83. The molecule has 0 aliphatic heterocycles. The largest absolute Gasteiger partial charge is 1.00 e. The minimum Gasteiger partial charge on any atom is -1.00 e. The molecule has 0 radical (unpaired) electrons. The van der Waals surface area contributed by atoms with E-state index in [0.717, 1.165) is 54.4 Å². The zero-order valence-electron chi connectivity index (χ0n) is 20.2. The normalized spacial score (nSPS) is 11.0. The Morgan fingerprint density at radius 3 is 1.72 bits per heavy atom. The maximum atomic E-state index is 11.3. The van der Waals surface area contributed by atoms with E-state index in [4.69, 9.17) is 0 Å². The van der Waals surface area contributed by atoms with Crippen LogP contribution in [-0.2, 0) is 22.7 Å². The molecule has 0 aliphatic rings. The van der Waals surface area contributed by atoms with E-state index in [9.17, 15) is 9.59 Å². The molecule has 0 spiro atoms. The molecule has 0 aromatic heterocycles. The zero-order valence-corrected chi connectivity index (χ0v) is 21.7. The Labute approximate surface area is 207 Å².